The Bertz CT molecular complexity index is 1500. The lowest BCUT2D eigenvalue weighted by Gasteiger charge is -2.21. The zero-order valence-corrected chi connectivity index (χ0v) is 25.7. The Labute approximate surface area is 257 Å². The van der Waals surface area contributed by atoms with Gasteiger partial charge in [-0.05, 0) is 61.6 Å². The maximum absolute atomic E-state index is 13.8. The largest absolute Gasteiger partial charge is 0.433 e. The first-order chi connectivity index (χ1) is 21.4. The standard InChI is InChI=1S/C31H28F3N5O.2C2H6/c32-31(33,34)28-19-27(24-13-8-17-35-20-24)38-39(28)29-15-14-25(21-37-29)30(40)36-18-16-26(23-11-6-3-7-12-23)22-9-4-1-2-5-10-22;2*1-2/h1,3-4,6-9,11-15,17,19-21,26H,2,5,10,16,18H2,(H,36,40);2*1-2H3. The molecule has 0 fully saturated rings. The summed E-state index contributed by atoms with van der Waals surface area (Å²) in [5.41, 5.74) is 2.40. The van der Waals surface area contributed by atoms with Gasteiger partial charge in [-0.15, -0.1) is 0 Å². The van der Waals surface area contributed by atoms with Crippen molar-refractivity contribution in [1.29, 1.82) is 0 Å². The van der Waals surface area contributed by atoms with Gasteiger partial charge >= 0.3 is 6.18 Å². The molecule has 0 saturated carbocycles. The van der Waals surface area contributed by atoms with Crippen molar-refractivity contribution in [3.63, 3.8) is 0 Å². The lowest BCUT2D eigenvalue weighted by molar-refractivity contribution is -0.142. The van der Waals surface area contributed by atoms with Gasteiger partial charge in [-0.2, -0.15) is 18.3 Å². The predicted octanol–water partition coefficient (Wildman–Crippen LogP) is 8.97. The molecule has 1 aliphatic carbocycles. The second kappa shape index (κ2) is 16.9. The molecule has 1 aromatic carbocycles. The van der Waals surface area contributed by atoms with Crippen LogP contribution in [0.3, 0.4) is 0 Å². The molecule has 1 amide bonds. The lowest BCUT2D eigenvalue weighted by Crippen LogP contribution is -2.26. The van der Waals surface area contributed by atoms with Gasteiger partial charge < -0.3 is 5.32 Å². The molecule has 0 radical (unpaired) electrons. The van der Waals surface area contributed by atoms with Crippen LogP contribution in [0, 0.1) is 0 Å². The minimum Gasteiger partial charge on any atom is -0.352 e. The van der Waals surface area contributed by atoms with Gasteiger partial charge in [-0.1, -0.05) is 81.8 Å². The first kappa shape index (κ1) is 34.0. The predicted molar refractivity (Wildman–Crippen MR) is 169 cm³/mol. The number of allylic oxidation sites excluding steroid dienone is 4. The molecule has 1 atom stereocenters. The number of rotatable bonds is 8. The van der Waals surface area contributed by atoms with Crippen LogP contribution in [0.2, 0.25) is 0 Å². The molecule has 3 heterocycles. The van der Waals surface area contributed by atoms with Crippen LogP contribution in [0.25, 0.3) is 17.1 Å². The van der Waals surface area contributed by atoms with E-state index in [0.29, 0.717) is 12.1 Å². The topological polar surface area (TPSA) is 72.7 Å². The zero-order valence-electron chi connectivity index (χ0n) is 25.7. The van der Waals surface area contributed by atoms with E-state index in [-0.39, 0.29) is 28.9 Å². The Morgan fingerprint density at radius 3 is 2.43 bits per heavy atom. The highest BCUT2D eigenvalue weighted by Crippen LogP contribution is 2.34. The summed E-state index contributed by atoms with van der Waals surface area (Å²) in [6, 6.07) is 17.3. The highest BCUT2D eigenvalue weighted by atomic mass is 19.4. The smallest absolute Gasteiger partial charge is 0.352 e. The van der Waals surface area contributed by atoms with E-state index < -0.39 is 11.9 Å². The fraction of sp³-hybridized carbons (Fsp3) is 0.314. The van der Waals surface area contributed by atoms with E-state index in [2.05, 4.69) is 50.7 Å². The third-order valence-electron chi connectivity index (χ3n) is 6.83. The summed E-state index contributed by atoms with van der Waals surface area (Å²) >= 11 is 0. The van der Waals surface area contributed by atoms with Gasteiger partial charge in [-0.3, -0.25) is 9.78 Å². The normalized spacial score (nSPS) is 13.3. The number of amides is 1. The van der Waals surface area contributed by atoms with E-state index in [0.717, 1.165) is 36.4 Å². The van der Waals surface area contributed by atoms with Crippen molar-refractivity contribution < 1.29 is 18.0 Å². The van der Waals surface area contributed by atoms with Gasteiger partial charge in [0.05, 0.1) is 11.3 Å². The van der Waals surface area contributed by atoms with Crippen LogP contribution < -0.4 is 5.32 Å². The van der Waals surface area contributed by atoms with E-state index in [9.17, 15) is 18.0 Å². The molecule has 1 unspecified atom stereocenters. The molecule has 0 saturated heterocycles. The molecule has 3 aromatic heterocycles. The van der Waals surface area contributed by atoms with Crippen LogP contribution in [-0.4, -0.2) is 32.2 Å². The first-order valence-corrected chi connectivity index (χ1v) is 15.1. The molecule has 5 rings (SSSR count). The SMILES string of the molecule is CC.CC.O=C(NCCC(C1=CC=CCCC1)c1ccccc1)c1ccc(-n2nc(-c3cccnc3)cc2C(F)(F)F)nc1. The van der Waals surface area contributed by atoms with Crippen molar-refractivity contribution >= 4 is 5.91 Å². The Morgan fingerprint density at radius 2 is 1.77 bits per heavy atom. The molecular weight excluding hydrogens is 563 g/mol. The highest BCUT2D eigenvalue weighted by Gasteiger charge is 2.37. The summed E-state index contributed by atoms with van der Waals surface area (Å²) in [4.78, 5) is 21.0. The van der Waals surface area contributed by atoms with Gasteiger partial charge in [0.1, 0.15) is 0 Å². The Balaban J connectivity index is 0.00000127. The molecule has 232 valence electrons. The van der Waals surface area contributed by atoms with E-state index in [1.165, 1.54) is 41.9 Å². The van der Waals surface area contributed by atoms with Gasteiger partial charge in [0.25, 0.3) is 5.91 Å². The number of aromatic nitrogens is 4. The summed E-state index contributed by atoms with van der Waals surface area (Å²) in [6.07, 6.45) is 9.92. The number of halogens is 3. The minimum absolute atomic E-state index is 0.0449. The summed E-state index contributed by atoms with van der Waals surface area (Å²) in [5.74, 6) is -0.205. The Kier molecular flexibility index (Phi) is 13.1. The molecule has 1 N–H and O–H groups in total. The average molecular weight is 604 g/mol. The number of carbonyl (C=O) groups excluding carboxylic acids is 1. The molecule has 4 aromatic rings. The Morgan fingerprint density at radius 1 is 1.00 bits per heavy atom. The molecule has 1 aliphatic rings. The van der Waals surface area contributed by atoms with Crippen molar-refractivity contribution in [3.8, 4) is 17.1 Å². The van der Waals surface area contributed by atoms with Crippen LogP contribution in [0.1, 0.15) is 80.9 Å². The van der Waals surface area contributed by atoms with Crippen LogP contribution >= 0.6 is 0 Å². The number of nitrogens with one attached hydrogen (secondary N) is 1. The molecule has 0 spiro atoms. The number of alkyl halides is 3. The van der Waals surface area contributed by atoms with Crippen molar-refractivity contribution in [2.45, 2.75) is 65.5 Å². The second-order valence-electron chi connectivity index (χ2n) is 9.54. The number of carbonyl (C=O) groups is 1. The van der Waals surface area contributed by atoms with Crippen LogP contribution in [0.4, 0.5) is 13.2 Å². The minimum atomic E-state index is -4.65. The number of benzene rings is 1. The molecule has 0 bridgehead atoms. The number of nitrogens with zero attached hydrogens (tertiary/aromatic N) is 4. The van der Waals surface area contributed by atoms with E-state index in [1.807, 2.05) is 45.9 Å². The Hall–Kier alpha value is -4.53. The maximum atomic E-state index is 13.8. The van der Waals surface area contributed by atoms with Crippen molar-refractivity contribution in [2.24, 2.45) is 0 Å². The number of hydrogen-bond acceptors (Lipinski definition) is 4. The summed E-state index contributed by atoms with van der Waals surface area (Å²) in [7, 11) is 0. The molecule has 9 heteroatoms. The molecule has 0 aliphatic heterocycles. The van der Waals surface area contributed by atoms with Crippen molar-refractivity contribution in [3.05, 3.63) is 120 Å². The molecule has 6 nitrogen and oxygen atoms in total. The zero-order chi connectivity index (χ0) is 32.0. The number of hydrogen-bond donors (Lipinski definition) is 1. The second-order valence-corrected chi connectivity index (χ2v) is 9.54. The monoisotopic (exact) mass is 603 g/mol. The number of pyridine rings is 2. The first-order valence-electron chi connectivity index (χ1n) is 15.1. The van der Waals surface area contributed by atoms with Crippen LogP contribution in [-0.2, 0) is 6.18 Å². The fourth-order valence-corrected chi connectivity index (χ4v) is 4.83. The van der Waals surface area contributed by atoms with Crippen LogP contribution in [0.15, 0.2) is 103 Å². The summed E-state index contributed by atoms with van der Waals surface area (Å²) in [5, 5.41) is 7.06. The molecule has 44 heavy (non-hydrogen) atoms. The van der Waals surface area contributed by atoms with Crippen molar-refractivity contribution in [2.75, 3.05) is 6.54 Å². The van der Waals surface area contributed by atoms with Crippen LogP contribution in [0.5, 0.6) is 0 Å². The van der Waals surface area contributed by atoms with E-state index >= 15 is 0 Å². The lowest BCUT2D eigenvalue weighted by atomic mass is 9.86. The van der Waals surface area contributed by atoms with E-state index in [4.69, 9.17) is 0 Å². The van der Waals surface area contributed by atoms with Gasteiger partial charge in [0, 0.05) is 36.6 Å². The third-order valence-corrected chi connectivity index (χ3v) is 6.83. The van der Waals surface area contributed by atoms with Gasteiger partial charge in [0.2, 0.25) is 0 Å². The van der Waals surface area contributed by atoms with Gasteiger partial charge in [-0.25, -0.2) is 9.67 Å². The van der Waals surface area contributed by atoms with Crippen molar-refractivity contribution in [1.82, 2.24) is 25.1 Å². The fourth-order valence-electron chi connectivity index (χ4n) is 4.83. The summed E-state index contributed by atoms with van der Waals surface area (Å²) < 4.78 is 42.1. The average Bonchev–Trinajstić information content (AvgIpc) is 3.37. The van der Waals surface area contributed by atoms with E-state index in [1.54, 1.807) is 12.1 Å². The highest BCUT2D eigenvalue weighted by molar-refractivity contribution is 5.93. The van der Waals surface area contributed by atoms with Gasteiger partial charge in [0.15, 0.2) is 11.5 Å². The quantitative estimate of drug-likeness (QED) is 0.218. The third kappa shape index (κ3) is 8.99. The maximum Gasteiger partial charge on any atom is 0.433 e. The summed E-state index contributed by atoms with van der Waals surface area (Å²) in [6.45, 7) is 8.44. The molecular formula is C35H40F3N5O.